The first kappa shape index (κ1) is 13.4. The zero-order chi connectivity index (χ0) is 11.2. The molecule has 0 radical (unpaired) electrons. The molecule has 0 aliphatic rings. The molecule has 14 heavy (non-hydrogen) atoms. The Balaban J connectivity index is 3.88. The van der Waals surface area contributed by atoms with Crippen molar-refractivity contribution < 1.29 is 14.6 Å². The molecule has 0 heterocycles. The van der Waals surface area contributed by atoms with Crippen molar-refractivity contribution in [1.82, 2.24) is 0 Å². The summed E-state index contributed by atoms with van der Waals surface area (Å²) in [6.07, 6.45) is 1.45. The van der Waals surface area contributed by atoms with E-state index >= 15 is 0 Å². The minimum atomic E-state index is -1.43. The summed E-state index contributed by atoms with van der Waals surface area (Å²) in [5, 5.41) is 9.90. The number of ether oxygens (including phenoxy) is 1. The molecule has 0 aliphatic heterocycles. The van der Waals surface area contributed by atoms with Gasteiger partial charge in [0.2, 0.25) is 0 Å². The lowest BCUT2D eigenvalue weighted by Gasteiger charge is -2.20. The average molecular weight is 232 g/mol. The van der Waals surface area contributed by atoms with Crippen LogP contribution in [0.15, 0.2) is 11.3 Å². The van der Waals surface area contributed by atoms with Gasteiger partial charge in [0.25, 0.3) is 0 Å². The second kappa shape index (κ2) is 6.03. The molecule has 0 saturated carbocycles. The molecule has 0 aromatic carbocycles. The minimum Gasteiger partial charge on any atom is -0.450 e. The second-order valence-corrected chi connectivity index (χ2v) is 12.6. The summed E-state index contributed by atoms with van der Waals surface area (Å²) >= 11 is 0. The Hall–Kier alpha value is -0.556. The maximum absolute atomic E-state index is 10.2. The first-order chi connectivity index (χ1) is 6.37. The fourth-order valence-corrected chi connectivity index (χ4v) is 6.67. The summed E-state index contributed by atoms with van der Waals surface area (Å²) in [6.45, 7) is 8.59. The van der Waals surface area contributed by atoms with Crippen molar-refractivity contribution in [2.45, 2.75) is 32.6 Å². The number of carboxylic acid groups (broad SMARTS) is 1. The summed E-state index contributed by atoms with van der Waals surface area (Å²) in [4.78, 5) is 10.2. The Bertz CT molecular complexity index is 224. The molecule has 0 saturated heterocycles. The summed E-state index contributed by atoms with van der Waals surface area (Å²) in [7, 11) is -1.59. The monoisotopic (exact) mass is 232 g/mol. The Morgan fingerprint density at radius 1 is 1.57 bits per heavy atom. The van der Waals surface area contributed by atoms with Gasteiger partial charge < -0.3 is 9.84 Å². The highest BCUT2D eigenvalue weighted by Gasteiger charge is 2.22. The number of allylic oxidation sites excluding steroid dienone is 2. The molecular weight excluding hydrogens is 212 g/mol. The standard InChI is InChI=1S/C9H20O3Si2/c1-5-8(2)13-7-14(3,4)6-12-9(10)11/h5H,6-7,13H2,1-4H3,(H,10,11). The van der Waals surface area contributed by atoms with Crippen LogP contribution in [0.1, 0.15) is 13.8 Å². The van der Waals surface area contributed by atoms with E-state index < -0.39 is 14.2 Å². The van der Waals surface area contributed by atoms with Gasteiger partial charge in [-0.1, -0.05) is 30.0 Å². The molecule has 0 unspecified atom stereocenters. The Morgan fingerprint density at radius 3 is 2.57 bits per heavy atom. The largest absolute Gasteiger partial charge is 0.505 e. The van der Waals surface area contributed by atoms with Crippen molar-refractivity contribution in [3.8, 4) is 0 Å². The van der Waals surface area contributed by atoms with Gasteiger partial charge in [0.1, 0.15) is 0 Å². The molecule has 0 spiro atoms. The van der Waals surface area contributed by atoms with E-state index in [4.69, 9.17) is 5.11 Å². The predicted molar refractivity (Wildman–Crippen MR) is 64.2 cm³/mol. The zero-order valence-corrected chi connectivity index (χ0v) is 11.9. The third-order valence-electron chi connectivity index (χ3n) is 2.28. The lowest BCUT2D eigenvalue weighted by atomic mass is 10.6. The van der Waals surface area contributed by atoms with Gasteiger partial charge in [0.15, 0.2) is 0 Å². The highest BCUT2D eigenvalue weighted by molar-refractivity contribution is 6.85. The highest BCUT2D eigenvalue weighted by atomic mass is 28.4. The second-order valence-electron chi connectivity index (χ2n) is 4.35. The van der Waals surface area contributed by atoms with Crippen molar-refractivity contribution in [2.24, 2.45) is 0 Å². The predicted octanol–water partition coefficient (Wildman–Crippen LogP) is 1.98. The summed E-state index contributed by atoms with van der Waals surface area (Å²) in [5.74, 6) is 0. The molecule has 1 N–H and O–H groups in total. The molecular formula is C9H20O3Si2. The quantitative estimate of drug-likeness (QED) is 0.582. The van der Waals surface area contributed by atoms with Crippen LogP contribution in [0.2, 0.25) is 18.8 Å². The molecule has 3 nitrogen and oxygen atoms in total. The fourth-order valence-electron chi connectivity index (χ4n) is 1.01. The summed E-state index contributed by atoms with van der Waals surface area (Å²) in [5.41, 5.74) is 1.22. The van der Waals surface area contributed by atoms with Gasteiger partial charge in [-0.25, -0.2) is 4.79 Å². The Kier molecular flexibility index (Phi) is 5.79. The lowest BCUT2D eigenvalue weighted by molar-refractivity contribution is 0.105. The van der Waals surface area contributed by atoms with Crippen molar-refractivity contribution in [3.05, 3.63) is 11.3 Å². The third-order valence-corrected chi connectivity index (χ3v) is 10.8. The molecule has 0 aliphatic carbocycles. The molecule has 0 bridgehead atoms. The zero-order valence-electron chi connectivity index (χ0n) is 9.46. The minimum absolute atomic E-state index is 0.163. The van der Waals surface area contributed by atoms with Crippen LogP contribution in [0.4, 0.5) is 4.79 Å². The van der Waals surface area contributed by atoms with Crippen LogP contribution in [0.5, 0.6) is 0 Å². The number of rotatable bonds is 5. The van der Waals surface area contributed by atoms with Crippen molar-refractivity contribution in [3.63, 3.8) is 0 Å². The first-order valence-corrected chi connectivity index (χ1v) is 9.97. The first-order valence-electron chi connectivity index (χ1n) is 4.85. The highest BCUT2D eigenvalue weighted by Crippen LogP contribution is 2.10. The van der Waals surface area contributed by atoms with Gasteiger partial charge in [-0.05, 0) is 13.8 Å². The molecule has 0 amide bonds. The van der Waals surface area contributed by atoms with Crippen molar-refractivity contribution in [1.29, 1.82) is 0 Å². The summed E-state index contributed by atoms with van der Waals surface area (Å²) in [6, 6.07) is 0. The summed E-state index contributed by atoms with van der Waals surface area (Å²) < 4.78 is 4.65. The molecule has 82 valence electrons. The maximum atomic E-state index is 10.2. The molecule has 0 rings (SSSR count). The van der Waals surface area contributed by atoms with E-state index in [1.54, 1.807) is 0 Å². The Morgan fingerprint density at radius 2 is 2.14 bits per heavy atom. The lowest BCUT2D eigenvalue weighted by Crippen LogP contribution is -2.35. The van der Waals surface area contributed by atoms with Gasteiger partial charge in [-0.3, -0.25) is 0 Å². The molecule has 0 atom stereocenters. The third kappa shape index (κ3) is 6.91. The molecule has 0 aromatic rings. The smallest absolute Gasteiger partial charge is 0.450 e. The van der Waals surface area contributed by atoms with Crippen molar-refractivity contribution >= 4 is 23.7 Å². The van der Waals surface area contributed by atoms with Gasteiger partial charge in [0, 0.05) is 9.52 Å². The number of hydrogen-bond acceptors (Lipinski definition) is 2. The SMILES string of the molecule is CC=C(C)[SiH2]C[Si](C)(C)COC(=O)O. The fraction of sp³-hybridized carbons (Fsp3) is 0.667. The van der Waals surface area contributed by atoms with Gasteiger partial charge in [-0.15, -0.1) is 0 Å². The van der Waals surface area contributed by atoms with Crippen LogP contribution < -0.4 is 0 Å². The van der Waals surface area contributed by atoms with Crippen LogP contribution in [0, 0.1) is 0 Å². The van der Waals surface area contributed by atoms with E-state index in [-0.39, 0.29) is 9.52 Å². The van der Waals surface area contributed by atoms with Gasteiger partial charge >= 0.3 is 6.16 Å². The Labute approximate surface area is 89.0 Å². The maximum Gasteiger partial charge on any atom is 0.505 e. The van der Waals surface area contributed by atoms with Crippen LogP contribution in [0.25, 0.3) is 0 Å². The van der Waals surface area contributed by atoms with Gasteiger partial charge in [0.05, 0.1) is 14.3 Å². The van der Waals surface area contributed by atoms with Gasteiger partial charge in [-0.2, -0.15) is 0 Å². The van der Waals surface area contributed by atoms with E-state index in [9.17, 15) is 4.79 Å². The van der Waals surface area contributed by atoms with Crippen LogP contribution in [-0.4, -0.2) is 35.1 Å². The van der Waals surface area contributed by atoms with E-state index in [1.807, 2.05) is 0 Å². The normalized spacial score (nSPS) is 13.6. The number of carbonyl (C=O) groups is 1. The molecule has 0 fully saturated rings. The van der Waals surface area contributed by atoms with Crippen molar-refractivity contribution in [2.75, 3.05) is 6.23 Å². The van der Waals surface area contributed by atoms with Crippen LogP contribution in [-0.2, 0) is 4.74 Å². The van der Waals surface area contributed by atoms with Crippen LogP contribution >= 0.6 is 0 Å². The molecule has 0 aromatic heterocycles. The van der Waals surface area contributed by atoms with Crippen LogP contribution in [0.3, 0.4) is 0 Å². The average Bonchev–Trinajstić information content (AvgIpc) is 2.11. The van der Waals surface area contributed by atoms with E-state index in [2.05, 4.69) is 37.8 Å². The molecule has 5 heteroatoms. The number of hydrogen-bond donors (Lipinski definition) is 1. The topological polar surface area (TPSA) is 46.5 Å². The van der Waals surface area contributed by atoms with E-state index in [1.165, 1.54) is 10.9 Å². The van der Waals surface area contributed by atoms with E-state index in [0.29, 0.717) is 6.23 Å². The van der Waals surface area contributed by atoms with E-state index in [0.717, 1.165) is 0 Å².